The standard InChI is InChI=1S/C8H7NO4S/c1-5(9(12)13)4-6-2-3-7(14-6)8(10)11/h2-4H,1H3,(H,10,11)/b5-4-. The summed E-state index contributed by atoms with van der Waals surface area (Å²) in [6.07, 6.45) is 1.34. The van der Waals surface area contributed by atoms with Crippen LogP contribution >= 0.6 is 11.3 Å². The summed E-state index contributed by atoms with van der Waals surface area (Å²) in [5.41, 5.74) is -0.0104. The van der Waals surface area contributed by atoms with Crippen molar-refractivity contribution < 1.29 is 14.8 Å². The van der Waals surface area contributed by atoms with Gasteiger partial charge in [0, 0.05) is 17.9 Å². The predicted octanol–water partition coefficient (Wildman–Crippen LogP) is 2.08. The second-order valence-corrected chi connectivity index (χ2v) is 3.67. The summed E-state index contributed by atoms with van der Waals surface area (Å²) in [6.45, 7) is 1.36. The van der Waals surface area contributed by atoms with E-state index in [1.165, 1.54) is 19.1 Å². The molecule has 0 aliphatic heterocycles. The van der Waals surface area contributed by atoms with Crippen molar-refractivity contribution in [2.24, 2.45) is 0 Å². The van der Waals surface area contributed by atoms with Crippen LogP contribution in [0.5, 0.6) is 0 Å². The summed E-state index contributed by atoms with van der Waals surface area (Å²) in [5, 5.41) is 18.9. The molecule has 1 rings (SSSR count). The van der Waals surface area contributed by atoms with Gasteiger partial charge in [-0.2, -0.15) is 0 Å². The Labute approximate surface area is 83.5 Å². The molecule has 1 aromatic heterocycles. The number of thiophene rings is 1. The van der Waals surface area contributed by atoms with E-state index in [1.807, 2.05) is 0 Å². The number of allylic oxidation sites excluding steroid dienone is 1. The number of carboxylic acid groups (broad SMARTS) is 1. The molecule has 14 heavy (non-hydrogen) atoms. The van der Waals surface area contributed by atoms with Crippen molar-refractivity contribution >= 4 is 23.4 Å². The summed E-state index contributed by atoms with van der Waals surface area (Å²) >= 11 is 1.01. The van der Waals surface area contributed by atoms with Gasteiger partial charge in [-0.1, -0.05) is 0 Å². The molecule has 74 valence electrons. The van der Waals surface area contributed by atoms with E-state index in [1.54, 1.807) is 6.07 Å². The lowest BCUT2D eigenvalue weighted by Crippen LogP contribution is -1.92. The first kappa shape index (κ1) is 10.4. The molecule has 0 spiro atoms. The molecule has 0 unspecified atom stereocenters. The van der Waals surface area contributed by atoms with Crippen molar-refractivity contribution in [1.82, 2.24) is 0 Å². The Balaban J connectivity index is 2.93. The average Bonchev–Trinajstić information content (AvgIpc) is 2.52. The molecular weight excluding hydrogens is 206 g/mol. The first-order chi connectivity index (χ1) is 6.50. The Kier molecular flexibility index (Phi) is 2.98. The fourth-order valence-electron chi connectivity index (χ4n) is 0.804. The number of carbonyl (C=O) groups is 1. The molecule has 5 nitrogen and oxygen atoms in total. The number of carboxylic acids is 1. The first-order valence-electron chi connectivity index (χ1n) is 3.66. The van der Waals surface area contributed by atoms with Crippen molar-refractivity contribution in [3.63, 3.8) is 0 Å². The van der Waals surface area contributed by atoms with Gasteiger partial charge in [-0.05, 0) is 12.1 Å². The SMILES string of the molecule is C/C(=C/c1ccc(C(=O)O)s1)[N+](=O)[O-]. The predicted molar refractivity (Wildman–Crippen MR) is 51.9 cm³/mol. The number of nitro groups is 1. The number of hydrogen-bond acceptors (Lipinski definition) is 4. The van der Waals surface area contributed by atoms with Gasteiger partial charge in [-0.25, -0.2) is 4.79 Å². The first-order valence-corrected chi connectivity index (χ1v) is 4.48. The Morgan fingerprint density at radius 1 is 1.64 bits per heavy atom. The number of aromatic carboxylic acids is 1. The van der Waals surface area contributed by atoms with Crippen LogP contribution in [0.25, 0.3) is 6.08 Å². The van der Waals surface area contributed by atoms with E-state index >= 15 is 0 Å². The molecule has 0 aliphatic rings. The third-order valence-corrected chi connectivity index (χ3v) is 2.50. The third-order valence-electron chi connectivity index (χ3n) is 1.48. The molecule has 1 heterocycles. The molecule has 0 aromatic carbocycles. The molecular formula is C8H7NO4S. The molecule has 0 atom stereocenters. The molecule has 0 amide bonds. The van der Waals surface area contributed by atoms with E-state index in [9.17, 15) is 14.9 Å². The van der Waals surface area contributed by atoms with Crippen LogP contribution in [0.1, 0.15) is 21.5 Å². The Morgan fingerprint density at radius 3 is 2.71 bits per heavy atom. The van der Waals surface area contributed by atoms with Gasteiger partial charge in [0.05, 0.1) is 4.92 Å². The third kappa shape index (κ3) is 2.40. The highest BCUT2D eigenvalue weighted by Crippen LogP contribution is 2.19. The van der Waals surface area contributed by atoms with Gasteiger partial charge in [0.15, 0.2) is 0 Å². The van der Waals surface area contributed by atoms with Crippen LogP contribution in [0.15, 0.2) is 17.8 Å². The van der Waals surface area contributed by atoms with Crippen molar-refractivity contribution in [2.45, 2.75) is 6.92 Å². The second-order valence-electron chi connectivity index (χ2n) is 2.55. The van der Waals surface area contributed by atoms with Crippen LogP contribution in [0.3, 0.4) is 0 Å². The fourth-order valence-corrected chi connectivity index (χ4v) is 1.65. The van der Waals surface area contributed by atoms with Crippen LogP contribution in [-0.4, -0.2) is 16.0 Å². The maximum atomic E-state index is 10.5. The normalized spacial score (nSPS) is 11.4. The maximum Gasteiger partial charge on any atom is 0.345 e. The summed E-state index contributed by atoms with van der Waals surface area (Å²) in [5.74, 6) is -1.02. The lowest BCUT2D eigenvalue weighted by molar-refractivity contribution is -0.422. The monoisotopic (exact) mass is 213 g/mol. The highest BCUT2D eigenvalue weighted by molar-refractivity contribution is 7.14. The van der Waals surface area contributed by atoms with E-state index in [4.69, 9.17) is 5.11 Å². The Hall–Kier alpha value is -1.69. The minimum Gasteiger partial charge on any atom is -0.477 e. The minimum atomic E-state index is -1.02. The van der Waals surface area contributed by atoms with Gasteiger partial charge < -0.3 is 5.11 Å². The molecule has 0 saturated carbocycles. The van der Waals surface area contributed by atoms with Gasteiger partial charge in [-0.3, -0.25) is 10.1 Å². The van der Waals surface area contributed by atoms with E-state index in [-0.39, 0.29) is 10.6 Å². The molecule has 0 bridgehead atoms. The molecule has 1 aromatic rings. The van der Waals surface area contributed by atoms with Gasteiger partial charge in [-0.15, -0.1) is 11.3 Å². The number of hydrogen-bond donors (Lipinski definition) is 1. The van der Waals surface area contributed by atoms with E-state index < -0.39 is 10.9 Å². The van der Waals surface area contributed by atoms with E-state index in [0.717, 1.165) is 11.3 Å². The summed E-state index contributed by atoms with van der Waals surface area (Å²) in [7, 11) is 0. The van der Waals surface area contributed by atoms with Crippen molar-refractivity contribution in [3.05, 3.63) is 37.7 Å². The van der Waals surface area contributed by atoms with Crippen molar-refractivity contribution in [3.8, 4) is 0 Å². The molecule has 1 N–H and O–H groups in total. The summed E-state index contributed by atoms with van der Waals surface area (Å²) in [4.78, 5) is 21.0. The highest BCUT2D eigenvalue weighted by atomic mass is 32.1. The topological polar surface area (TPSA) is 80.4 Å². The lowest BCUT2D eigenvalue weighted by Gasteiger charge is -1.87. The molecule has 0 aliphatic carbocycles. The van der Waals surface area contributed by atoms with Crippen molar-refractivity contribution in [1.29, 1.82) is 0 Å². The molecule has 6 heteroatoms. The minimum absolute atomic E-state index is 0.0104. The summed E-state index contributed by atoms with van der Waals surface area (Å²) < 4.78 is 0. The molecule has 0 saturated heterocycles. The van der Waals surface area contributed by atoms with Crippen LogP contribution in [0.4, 0.5) is 0 Å². The zero-order chi connectivity index (χ0) is 10.7. The molecule has 0 radical (unpaired) electrons. The number of nitrogens with zero attached hydrogens (tertiary/aromatic N) is 1. The Morgan fingerprint density at radius 2 is 2.29 bits per heavy atom. The lowest BCUT2D eigenvalue weighted by atomic mass is 10.3. The van der Waals surface area contributed by atoms with Gasteiger partial charge >= 0.3 is 5.97 Å². The smallest absolute Gasteiger partial charge is 0.345 e. The molecule has 0 fully saturated rings. The van der Waals surface area contributed by atoms with Gasteiger partial charge in [0.25, 0.3) is 0 Å². The summed E-state index contributed by atoms with van der Waals surface area (Å²) in [6, 6.07) is 2.97. The zero-order valence-electron chi connectivity index (χ0n) is 7.26. The highest BCUT2D eigenvalue weighted by Gasteiger charge is 2.08. The van der Waals surface area contributed by atoms with Crippen LogP contribution in [-0.2, 0) is 0 Å². The van der Waals surface area contributed by atoms with E-state index in [0.29, 0.717) is 4.88 Å². The maximum absolute atomic E-state index is 10.5. The zero-order valence-corrected chi connectivity index (χ0v) is 8.08. The average molecular weight is 213 g/mol. The van der Waals surface area contributed by atoms with Crippen molar-refractivity contribution in [2.75, 3.05) is 0 Å². The fraction of sp³-hybridized carbons (Fsp3) is 0.125. The van der Waals surface area contributed by atoms with E-state index in [2.05, 4.69) is 0 Å². The Bertz CT molecular complexity index is 407. The second kappa shape index (κ2) is 4.01. The van der Waals surface area contributed by atoms with Gasteiger partial charge in [0.1, 0.15) is 4.88 Å². The van der Waals surface area contributed by atoms with Crippen LogP contribution < -0.4 is 0 Å². The van der Waals surface area contributed by atoms with Gasteiger partial charge in [0.2, 0.25) is 5.70 Å². The van der Waals surface area contributed by atoms with Crippen LogP contribution in [0, 0.1) is 10.1 Å². The quantitative estimate of drug-likeness (QED) is 0.615. The van der Waals surface area contributed by atoms with Crippen LogP contribution in [0.2, 0.25) is 0 Å². The number of rotatable bonds is 3. The largest absolute Gasteiger partial charge is 0.477 e.